The number of fused-ring (bicyclic) bond motifs is 1. The van der Waals surface area contributed by atoms with Crippen LogP contribution in [0.3, 0.4) is 0 Å². The first-order chi connectivity index (χ1) is 12.6. The van der Waals surface area contributed by atoms with Crippen LogP contribution in [0.1, 0.15) is 23.6 Å². The maximum absolute atomic E-state index is 13.3. The summed E-state index contributed by atoms with van der Waals surface area (Å²) < 4.78 is 0. The Kier molecular flexibility index (Phi) is 4.00. The van der Waals surface area contributed by atoms with Crippen molar-refractivity contribution in [2.45, 2.75) is 19.0 Å². The smallest absolute Gasteiger partial charge is 0.314 e. The average Bonchev–Trinajstić information content (AvgIpc) is 2.71. The quantitative estimate of drug-likeness (QED) is 0.655. The second-order valence-electron chi connectivity index (χ2n) is 6.87. The molecule has 1 unspecified atom stereocenters. The number of carbonyl (C=O) groups excluding carboxylic acids is 1. The number of carbonyl (C=O) groups is 1. The Morgan fingerprint density at radius 3 is 2.08 bits per heavy atom. The zero-order valence-corrected chi connectivity index (χ0v) is 15.1. The number of benzene rings is 3. The van der Waals surface area contributed by atoms with Crippen molar-refractivity contribution in [1.29, 1.82) is 0 Å². The van der Waals surface area contributed by atoms with E-state index >= 15 is 0 Å². The Morgan fingerprint density at radius 2 is 1.38 bits per heavy atom. The number of anilines is 1. The first-order valence-corrected chi connectivity index (χ1v) is 8.86. The molecular formula is C23H22N2O. The fourth-order valence-corrected chi connectivity index (χ4v) is 3.81. The number of urea groups is 1. The molecule has 1 heterocycles. The topological polar surface area (TPSA) is 23.6 Å². The van der Waals surface area contributed by atoms with Crippen LogP contribution in [0.25, 0.3) is 0 Å². The molecule has 0 radical (unpaired) electrons. The van der Waals surface area contributed by atoms with E-state index in [1.54, 1.807) is 0 Å². The highest BCUT2D eigenvalue weighted by Gasteiger charge is 2.44. The summed E-state index contributed by atoms with van der Waals surface area (Å²) in [5.41, 5.74) is 3.85. The highest BCUT2D eigenvalue weighted by molar-refractivity contribution is 5.96. The molecule has 3 aromatic carbocycles. The van der Waals surface area contributed by atoms with Crippen molar-refractivity contribution in [3.8, 4) is 0 Å². The van der Waals surface area contributed by atoms with Gasteiger partial charge in [-0.1, -0.05) is 78.9 Å². The van der Waals surface area contributed by atoms with E-state index in [2.05, 4.69) is 37.3 Å². The predicted molar refractivity (Wildman–Crippen MR) is 105 cm³/mol. The van der Waals surface area contributed by atoms with E-state index < -0.39 is 5.54 Å². The Labute approximate surface area is 154 Å². The number of para-hydroxylation sites is 1. The van der Waals surface area contributed by atoms with E-state index in [0.29, 0.717) is 6.54 Å². The SMILES string of the molecule is CN1C(=O)N(Cc2ccccc2)c2ccccc2C1(C)c1ccccc1. The van der Waals surface area contributed by atoms with Crippen LogP contribution in [-0.4, -0.2) is 18.0 Å². The van der Waals surface area contributed by atoms with Crippen molar-refractivity contribution in [2.75, 3.05) is 11.9 Å². The molecule has 0 N–H and O–H groups in total. The van der Waals surface area contributed by atoms with Crippen LogP contribution in [0.2, 0.25) is 0 Å². The van der Waals surface area contributed by atoms with E-state index in [1.807, 2.05) is 71.4 Å². The van der Waals surface area contributed by atoms with E-state index in [-0.39, 0.29) is 6.03 Å². The average molecular weight is 342 g/mol. The minimum atomic E-state index is -0.498. The van der Waals surface area contributed by atoms with Gasteiger partial charge in [0.05, 0.1) is 17.8 Å². The van der Waals surface area contributed by atoms with Crippen molar-refractivity contribution in [2.24, 2.45) is 0 Å². The van der Waals surface area contributed by atoms with Gasteiger partial charge in [-0.15, -0.1) is 0 Å². The third kappa shape index (κ3) is 2.48. The Hall–Kier alpha value is -3.07. The van der Waals surface area contributed by atoms with Gasteiger partial charge in [0.15, 0.2) is 0 Å². The van der Waals surface area contributed by atoms with Gasteiger partial charge < -0.3 is 4.90 Å². The predicted octanol–water partition coefficient (Wildman–Crippen LogP) is 5.02. The minimum absolute atomic E-state index is 0.0129. The first kappa shape index (κ1) is 16.4. The lowest BCUT2D eigenvalue weighted by Crippen LogP contribution is -2.56. The van der Waals surface area contributed by atoms with Gasteiger partial charge in [-0.05, 0) is 24.1 Å². The highest BCUT2D eigenvalue weighted by Crippen LogP contribution is 2.44. The van der Waals surface area contributed by atoms with E-state index in [9.17, 15) is 4.79 Å². The molecule has 4 rings (SSSR count). The summed E-state index contributed by atoms with van der Waals surface area (Å²) in [7, 11) is 1.89. The normalized spacial score (nSPS) is 19.4. The Balaban J connectivity index is 1.85. The van der Waals surface area contributed by atoms with Gasteiger partial charge >= 0.3 is 6.03 Å². The second kappa shape index (κ2) is 6.34. The third-order valence-corrected chi connectivity index (χ3v) is 5.43. The fraction of sp³-hybridized carbons (Fsp3) is 0.174. The largest absolute Gasteiger partial charge is 0.325 e. The standard InChI is InChI=1S/C23H22N2O/c1-23(19-13-7-4-8-14-19)20-15-9-10-16-21(20)25(22(26)24(23)2)17-18-11-5-3-6-12-18/h3-16H,17H2,1-2H3. The molecule has 3 aromatic rings. The van der Waals surface area contributed by atoms with Crippen LogP contribution in [-0.2, 0) is 12.1 Å². The van der Waals surface area contributed by atoms with Crippen molar-refractivity contribution in [3.63, 3.8) is 0 Å². The summed E-state index contributed by atoms with van der Waals surface area (Å²) in [6.45, 7) is 2.69. The van der Waals surface area contributed by atoms with Gasteiger partial charge in [-0.3, -0.25) is 4.90 Å². The van der Waals surface area contributed by atoms with E-state index in [0.717, 1.165) is 22.4 Å². The molecule has 0 saturated heterocycles. The van der Waals surface area contributed by atoms with Gasteiger partial charge in [0.1, 0.15) is 0 Å². The summed E-state index contributed by atoms with van der Waals surface area (Å²) in [6, 6.07) is 28.6. The molecule has 0 fully saturated rings. The van der Waals surface area contributed by atoms with Gasteiger partial charge in [0.25, 0.3) is 0 Å². The van der Waals surface area contributed by atoms with Crippen molar-refractivity contribution in [3.05, 3.63) is 102 Å². The third-order valence-electron chi connectivity index (χ3n) is 5.43. The van der Waals surface area contributed by atoms with E-state index in [4.69, 9.17) is 0 Å². The molecule has 2 amide bonds. The lowest BCUT2D eigenvalue weighted by atomic mass is 9.80. The van der Waals surface area contributed by atoms with Gasteiger partial charge in [-0.25, -0.2) is 4.79 Å². The zero-order valence-electron chi connectivity index (χ0n) is 15.1. The van der Waals surface area contributed by atoms with Crippen molar-refractivity contribution in [1.82, 2.24) is 4.90 Å². The zero-order chi connectivity index (χ0) is 18.1. The number of nitrogens with zero attached hydrogens (tertiary/aromatic N) is 2. The molecule has 3 nitrogen and oxygen atoms in total. The summed E-state index contributed by atoms with van der Waals surface area (Å²) in [4.78, 5) is 17.1. The molecule has 1 aliphatic heterocycles. The van der Waals surface area contributed by atoms with Gasteiger partial charge in [0.2, 0.25) is 0 Å². The number of rotatable bonds is 3. The molecule has 0 bridgehead atoms. The molecule has 0 aliphatic carbocycles. The Bertz CT molecular complexity index is 923. The fourth-order valence-electron chi connectivity index (χ4n) is 3.81. The molecular weight excluding hydrogens is 320 g/mol. The minimum Gasteiger partial charge on any atom is -0.314 e. The van der Waals surface area contributed by atoms with Gasteiger partial charge in [-0.2, -0.15) is 0 Å². The van der Waals surface area contributed by atoms with Crippen molar-refractivity contribution < 1.29 is 4.79 Å². The molecule has 0 aromatic heterocycles. The molecule has 0 spiro atoms. The summed E-state index contributed by atoms with van der Waals surface area (Å²) >= 11 is 0. The maximum atomic E-state index is 13.3. The molecule has 0 saturated carbocycles. The molecule has 1 atom stereocenters. The summed E-state index contributed by atoms with van der Waals surface area (Å²) in [5.74, 6) is 0. The number of hydrogen-bond acceptors (Lipinski definition) is 1. The number of hydrogen-bond donors (Lipinski definition) is 0. The van der Waals surface area contributed by atoms with Gasteiger partial charge in [0, 0.05) is 12.6 Å². The van der Waals surface area contributed by atoms with Crippen LogP contribution in [0, 0.1) is 0 Å². The Morgan fingerprint density at radius 1 is 0.808 bits per heavy atom. The van der Waals surface area contributed by atoms with E-state index in [1.165, 1.54) is 0 Å². The van der Waals surface area contributed by atoms with Crippen LogP contribution >= 0.6 is 0 Å². The molecule has 3 heteroatoms. The summed E-state index contributed by atoms with van der Waals surface area (Å²) in [6.07, 6.45) is 0. The van der Waals surface area contributed by atoms with Crippen molar-refractivity contribution >= 4 is 11.7 Å². The molecule has 26 heavy (non-hydrogen) atoms. The first-order valence-electron chi connectivity index (χ1n) is 8.86. The molecule has 130 valence electrons. The monoisotopic (exact) mass is 342 g/mol. The maximum Gasteiger partial charge on any atom is 0.325 e. The lowest BCUT2D eigenvalue weighted by Gasteiger charge is -2.48. The van der Waals surface area contributed by atoms with Crippen LogP contribution in [0.15, 0.2) is 84.9 Å². The lowest BCUT2D eigenvalue weighted by molar-refractivity contribution is 0.166. The van der Waals surface area contributed by atoms with Crippen LogP contribution < -0.4 is 4.90 Å². The summed E-state index contributed by atoms with van der Waals surface area (Å²) in [5, 5.41) is 0. The number of amides is 2. The second-order valence-corrected chi connectivity index (χ2v) is 6.87. The van der Waals surface area contributed by atoms with Crippen LogP contribution in [0.5, 0.6) is 0 Å². The highest BCUT2D eigenvalue weighted by atomic mass is 16.2. The van der Waals surface area contributed by atoms with Crippen LogP contribution in [0.4, 0.5) is 10.5 Å². The molecule has 1 aliphatic rings.